The molecule has 3 aliphatic rings. The van der Waals surface area contributed by atoms with Crippen LogP contribution in [0.15, 0.2) is 35.3 Å². The average molecular weight is 391 g/mol. The lowest BCUT2D eigenvalue weighted by molar-refractivity contribution is -0.112. The van der Waals surface area contributed by atoms with Crippen LogP contribution in [0, 0.1) is 17.8 Å². The highest BCUT2D eigenvalue weighted by Crippen LogP contribution is 2.64. The summed E-state index contributed by atoms with van der Waals surface area (Å²) in [4.78, 5) is 8.70. The summed E-state index contributed by atoms with van der Waals surface area (Å²) >= 11 is 1.63. The smallest absolute Gasteiger partial charge is 0.187 e. The minimum atomic E-state index is -0.918. The summed E-state index contributed by atoms with van der Waals surface area (Å²) in [5, 5.41) is 12.3. The molecule has 7 atom stereocenters. The third-order valence-corrected chi connectivity index (χ3v) is 7.66. The number of nitrogens with zero attached hydrogens (tertiary/aromatic N) is 2. The molecule has 0 spiro atoms. The fourth-order valence-corrected chi connectivity index (χ4v) is 6.29. The Hall–Kier alpha value is -0.950. The van der Waals surface area contributed by atoms with Gasteiger partial charge in [-0.15, -0.1) is 0 Å². The second kappa shape index (κ2) is 7.14. The lowest BCUT2D eigenvalue weighted by Gasteiger charge is -2.44. The van der Waals surface area contributed by atoms with Gasteiger partial charge in [-0.05, 0) is 57.9 Å². The molecule has 5 nitrogen and oxygen atoms in total. The van der Waals surface area contributed by atoms with Gasteiger partial charge in [0.1, 0.15) is 0 Å². The van der Waals surface area contributed by atoms with Crippen LogP contribution in [0.2, 0.25) is 0 Å². The predicted molar refractivity (Wildman–Crippen MR) is 106 cm³/mol. The highest BCUT2D eigenvalue weighted by molar-refractivity contribution is 7.99. The molecule has 1 aliphatic heterocycles. The van der Waals surface area contributed by atoms with E-state index in [0.717, 1.165) is 23.8 Å². The summed E-state index contributed by atoms with van der Waals surface area (Å²) in [6.45, 7) is 6.12. The second-order valence-electron chi connectivity index (χ2n) is 8.78. The van der Waals surface area contributed by atoms with Crippen molar-refractivity contribution in [1.82, 2.24) is 9.97 Å². The van der Waals surface area contributed by atoms with Crippen LogP contribution in [0.5, 0.6) is 0 Å². The van der Waals surface area contributed by atoms with E-state index in [9.17, 15) is 5.11 Å². The SMILES string of the molecule is COC1C2CC2CC2(CSc3ncccn3)OC(CC=C(C)C)C(C)(O)C12. The van der Waals surface area contributed by atoms with Crippen LogP contribution >= 0.6 is 11.8 Å². The molecule has 27 heavy (non-hydrogen) atoms. The molecule has 3 fully saturated rings. The molecule has 148 valence electrons. The molecule has 1 N–H and O–H groups in total. The molecule has 0 amide bonds. The number of ether oxygens (including phenoxy) is 2. The minimum absolute atomic E-state index is 0.0366. The number of fused-ring (bicyclic) bond motifs is 2. The number of thioether (sulfide) groups is 1. The monoisotopic (exact) mass is 390 g/mol. The molecule has 0 radical (unpaired) electrons. The number of methoxy groups -OCH3 is 1. The van der Waals surface area contributed by atoms with E-state index in [1.807, 2.05) is 13.0 Å². The maximum Gasteiger partial charge on any atom is 0.187 e. The van der Waals surface area contributed by atoms with Gasteiger partial charge in [-0.3, -0.25) is 0 Å². The first-order chi connectivity index (χ1) is 12.9. The van der Waals surface area contributed by atoms with Crippen molar-refractivity contribution >= 4 is 11.8 Å². The van der Waals surface area contributed by atoms with E-state index in [4.69, 9.17) is 9.47 Å². The lowest BCUT2D eigenvalue weighted by Crippen LogP contribution is -2.56. The summed E-state index contributed by atoms with van der Waals surface area (Å²) in [6.07, 6.45) is 8.43. The molecule has 1 saturated heterocycles. The Balaban J connectivity index is 1.64. The zero-order valence-electron chi connectivity index (χ0n) is 16.6. The Morgan fingerprint density at radius 3 is 2.81 bits per heavy atom. The largest absolute Gasteiger partial charge is 0.387 e. The van der Waals surface area contributed by atoms with E-state index in [1.54, 1.807) is 31.3 Å². The van der Waals surface area contributed by atoms with Gasteiger partial charge in [0, 0.05) is 31.2 Å². The van der Waals surface area contributed by atoms with Crippen molar-refractivity contribution in [3.63, 3.8) is 0 Å². The van der Waals surface area contributed by atoms with Gasteiger partial charge in [0.25, 0.3) is 0 Å². The van der Waals surface area contributed by atoms with Gasteiger partial charge in [-0.1, -0.05) is 23.4 Å². The van der Waals surface area contributed by atoms with Gasteiger partial charge in [-0.2, -0.15) is 0 Å². The Morgan fingerprint density at radius 2 is 2.15 bits per heavy atom. The zero-order chi connectivity index (χ0) is 19.2. The van der Waals surface area contributed by atoms with Crippen LogP contribution in [0.4, 0.5) is 0 Å². The number of aliphatic hydroxyl groups is 1. The number of allylic oxidation sites excluding steroid dienone is 1. The van der Waals surface area contributed by atoms with Crippen LogP contribution in [-0.2, 0) is 9.47 Å². The van der Waals surface area contributed by atoms with E-state index in [0.29, 0.717) is 11.8 Å². The Morgan fingerprint density at radius 1 is 1.41 bits per heavy atom. The molecule has 2 aliphatic carbocycles. The third-order valence-electron chi connectivity index (χ3n) is 6.56. The standard InChI is InChI=1S/C21H30N2O3S/c1-13(2)6-7-16-20(3,24)18-17(25-4)15-10-14(15)11-21(18,26-16)12-27-19-22-8-5-9-23-19/h5-6,8-9,14-18,24H,7,10-12H2,1-4H3. The molecule has 2 saturated carbocycles. The summed E-state index contributed by atoms with van der Waals surface area (Å²) in [6, 6.07) is 1.83. The normalized spacial score (nSPS) is 42.3. The van der Waals surface area contributed by atoms with Gasteiger partial charge >= 0.3 is 0 Å². The van der Waals surface area contributed by atoms with Crippen molar-refractivity contribution < 1.29 is 14.6 Å². The van der Waals surface area contributed by atoms with E-state index < -0.39 is 11.2 Å². The quantitative estimate of drug-likeness (QED) is 0.456. The molecule has 0 bridgehead atoms. The van der Waals surface area contributed by atoms with Crippen LogP contribution < -0.4 is 0 Å². The molecule has 7 unspecified atom stereocenters. The highest BCUT2D eigenvalue weighted by atomic mass is 32.2. The van der Waals surface area contributed by atoms with Crippen molar-refractivity contribution in [3.05, 3.63) is 30.1 Å². The molecule has 6 heteroatoms. The molecular weight excluding hydrogens is 360 g/mol. The fraction of sp³-hybridized carbons (Fsp3) is 0.714. The van der Waals surface area contributed by atoms with Crippen molar-refractivity contribution in [2.45, 2.75) is 68.6 Å². The van der Waals surface area contributed by atoms with Crippen LogP contribution in [0.25, 0.3) is 0 Å². The van der Waals surface area contributed by atoms with Crippen molar-refractivity contribution in [2.75, 3.05) is 12.9 Å². The fourth-order valence-electron chi connectivity index (χ4n) is 5.28. The first-order valence-corrected chi connectivity index (χ1v) is 10.8. The van der Waals surface area contributed by atoms with E-state index in [-0.39, 0.29) is 18.1 Å². The summed E-state index contributed by atoms with van der Waals surface area (Å²) < 4.78 is 12.7. The van der Waals surface area contributed by atoms with E-state index >= 15 is 0 Å². The molecule has 1 aromatic rings. The van der Waals surface area contributed by atoms with Gasteiger partial charge in [0.15, 0.2) is 5.16 Å². The summed E-state index contributed by atoms with van der Waals surface area (Å²) in [7, 11) is 1.78. The maximum absolute atomic E-state index is 11.6. The number of aromatic nitrogens is 2. The highest BCUT2D eigenvalue weighted by Gasteiger charge is 2.70. The van der Waals surface area contributed by atoms with Crippen LogP contribution in [-0.4, -0.2) is 51.3 Å². The lowest BCUT2D eigenvalue weighted by atomic mass is 9.67. The molecule has 1 aromatic heterocycles. The van der Waals surface area contributed by atoms with Crippen LogP contribution in [0.3, 0.4) is 0 Å². The van der Waals surface area contributed by atoms with Crippen molar-refractivity contribution in [1.29, 1.82) is 0 Å². The van der Waals surface area contributed by atoms with Gasteiger partial charge in [0.05, 0.1) is 23.4 Å². The van der Waals surface area contributed by atoms with E-state index in [2.05, 4.69) is 29.9 Å². The molecular formula is C21H30N2O3S. The van der Waals surface area contributed by atoms with Gasteiger partial charge < -0.3 is 14.6 Å². The Bertz CT molecular complexity index is 707. The Labute approximate surface area is 166 Å². The first-order valence-electron chi connectivity index (χ1n) is 9.83. The summed E-state index contributed by atoms with van der Waals surface area (Å²) in [5.74, 6) is 1.90. The maximum atomic E-state index is 11.6. The predicted octanol–water partition coefficient (Wildman–Crippen LogP) is 3.48. The Kier molecular flexibility index (Phi) is 5.12. The topological polar surface area (TPSA) is 64.5 Å². The first kappa shape index (κ1) is 19.4. The molecule has 0 aromatic carbocycles. The molecule has 4 rings (SSSR count). The number of rotatable bonds is 6. The van der Waals surface area contributed by atoms with E-state index in [1.165, 1.54) is 12.0 Å². The van der Waals surface area contributed by atoms with Crippen LogP contribution in [0.1, 0.15) is 40.0 Å². The number of hydrogen-bond donors (Lipinski definition) is 1. The number of hydrogen-bond acceptors (Lipinski definition) is 6. The minimum Gasteiger partial charge on any atom is -0.387 e. The van der Waals surface area contributed by atoms with Crippen molar-refractivity contribution in [3.8, 4) is 0 Å². The zero-order valence-corrected chi connectivity index (χ0v) is 17.4. The molecule has 2 heterocycles. The summed E-state index contributed by atoms with van der Waals surface area (Å²) in [5.41, 5.74) is -0.0685. The average Bonchev–Trinajstić information content (AvgIpc) is 3.37. The van der Waals surface area contributed by atoms with Gasteiger partial charge in [0.2, 0.25) is 0 Å². The second-order valence-corrected chi connectivity index (χ2v) is 9.72. The van der Waals surface area contributed by atoms with Crippen molar-refractivity contribution in [2.24, 2.45) is 17.8 Å². The van der Waals surface area contributed by atoms with Gasteiger partial charge in [-0.25, -0.2) is 9.97 Å². The third kappa shape index (κ3) is 3.46.